The van der Waals surface area contributed by atoms with Gasteiger partial charge in [-0.2, -0.15) is 11.8 Å². The smallest absolute Gasteiger partial charge is 0.119 e. The molecule has 1 nitrogen and oxygen atoms in total. The molecule has 0 spiro atoms. The maximum atomic E-state index is 5.63. The van der Waals surface area contributed by atoms with Crippen LogP contribution in [0.5, 0.6) is 5.75 Å². The summed E-state index contributed by atoms with van der Waals surface area (Å²) in [5, 5.41) is 0. The van der Waals surface area contributed by atoms with Crippen LogP contribution in [0.15, 0.2) is 28.7 Å². The second-order valence-electron chi connectivity index (χ2n) is 3.62. The molecule has 0 bridgehead atoms. The third-order valence-electron chi connectivity index (χ3n) is 2.20. The lowest BCUT2D eigenvalue weighted by Gasteiger charge is -2.05. The first kappa shape index (κ1) is 13.9. The number of rotatable bonds is 8. The van der Waals surface area contributed by atoms with E-state index in [1.165, 1.54) is 25.0 Å². The summed E-state index contributed by atoms with van der Waals surface area (Å²) in [6, 6.07) is 7.99. The molecule has 0 radical (unpaired) electrons. The quantitative estimate of drug-likeness (QED) is 0.641. The Morgan fingerprint density at radius 3 is 2.56 bits per heavy atom. The molecule has 1 rings (SSSR count). The normalized spacial score (nSPS) is 10.4. The molecule has 1 aromatic carbocycles. The van der Waals surface area contributed by atoms with Crippen molar-refractivity contribution in [3.8, 4) is 5.75 Å². The fourth-order valence-electron chi connectivity index (χ4n) is 1.31. The minimum absolute atomic E-state index is 0.804. The summed E-state index contributed by atoms with van der Waals surface area (Å²) in [6.07, 6.45) is 3.98. The zero-order valence-electron chi connectivity index (χ0n) is 9.75. The fourth-order valence-corrected chi connectivity index (χ4v) is 2.38. The monoisotopic (exact) mass is 302 g/mol. The highest BCUT2D eigenvalue weighted by atomic mass is 79.9. The van der Waals surface area contributed by atoms with E-state index >= 15 is 0 Å². The minimum atomic E-state index is 0.804. The molecule has 0 heterocycles. The number of thioether (sulfide) groups is 1. The largest absolute Gasteiger partial charge is 0.493 e. The fraction of sp³-hybridized carbons (Fsp3) is 0.538. The van der Waals surface area contributed by atoms with Gasteiger partial charge in [0.2, 0.25) is 0 Å². The van der Waals surface area contributed by atoms with Crippen molar-refractivity contribution in [2.24, 2.45) is 0 Å². The predicted octanol–water partition coefficient (Wildman–Crippen LogP) is 4.75. The second-order valence-corrected chi connectivity index (χ2v) is 5.76. The standard InChI is InChI=1S/C13H19BrOS/c1-2-3-4-10-16-11-9-15-13-7-5-12(14)6-8-13/h5-8H,2-4,9-11H2,1H3. The van der Waals surface area contributed by atoms with E-state index in [4.69, 9.17) is 4.74 Å². The van der Waals surface area contributed by atoms with Gasteiger partial charge in [-0.05, 0) is 36.4 Å². The van der Waals surface area contributed by atoms with Crippen LogP contribution in [-0.2, 0) is 0 Å². The maximum Gasteiger partial charge on any atom is 0.119 e. The van der Waals surface area contributed by atoms with Gasteiger partial charge in [-0.1, -0.05) is 35.7 Å². The van der Waals surface area contributed by atoms with Crippen LogP contribution in [0, 0.1) is 0 Å². The Balaban J connectivity index is 2.01. The lowest BCUT2D eigenvalue weighted by Crippen LogP contribution is -2.00. The van der Waals surface area contributed by atoms with Crippen molar-refractivity contribution in [1.82, 2.24) is 0 Å². The van der Waals surface area contributed by atoms with Crippen LogP contribution < -0.4 is 4.74 Å². The minimum Gasteiger partial charge on any atom is -0.493 e. The molecular formula is C13H19BrOS. The Morgan fingerprint density at radius 2 is 1.88 bits per heavy atom. The molecule has 0 fully saturated rings. The molecule has 0 aliphatic heterocycles. The Bertz CT molecular complexity index is 274. The van der Waals surface area contributed by atoms with Gasteiger partial charge in [0.05, 0.1) is 6.61 Å². The Hall–Kier alpha value is -0.150. The van der Waals surface area contributed by atoms with Gasteiger partial charge in [0.1, 0.15) is 5.75 Å². The van der Waals surface area contributed by atoms with E-state index in [9.17, 15) is 0 Å². The third kappa shape index (κ3) is 6.44. The lowest BCUT2D eigenvalue weighted by atomic mass is 10.3. The van der Waals surface area contributed by atoms with Gasteiger partial charge in [-0.3, -0.25) is 0 Å². The molecule has 0 N–H and O–H groups in total. The summed E-state index contributed by atoms with van der Waals surface area (Å²) in [4.78, 5) is 0. The highest BCUT2D eigenvalue weighted by molar-refractivity contribution is 9.10. The van der Waals surface area contributed by atoms with E-state index in [0.717, 1.165) is 22.6 Å². The van der Waals surface area contributed by atoms with E-state index in [1.54, 1.807) is 0 Å². The molecule has 90 valence electrons. The molecule has 0 unspecified atom stereocenters. The Morgan fingerprint density at radius 1 is 1.12 bits per heavy atom. The number of halogens is 1. The van der Waals surface area contributed by atoms with Crippen molar-refractivity contribution in [2.45, 2.75) is 26.2 Å². The summed E-state index contributed by atoms with van der Waals surface area (Å²) in [6.45, 7) is 3.04. The van der Waals surface area contributed by atoms with Crippen LogP contribution in [0.3, 0.4) is 0 Å². The van der Waals surface area contributed by atoms with E-state index in [0.29, 0.717) is 0 Å². The van der Waals surface area contributed by atoms with Crippen molar-refractivity contribution in [2.75, 3.05) is 18.1 Å². The molecule has 0 atom stereocenters. The van der Waals surface area contributed by atoms with Crippen LogP contribution in [0.25, 0.3) is 0 Å². The van der Waals surface area contributed by atoms with Gasteiger partial charge >= 0.3 is 0 Å². The number of ether oxygens (including phenoxy) is 1. The summed E-state index contributed by atoms with van der Waals surface area (Å²) in [7, 11) is 0. The first-order valence-corrected chi connectivity index (χ1v) is 7.74. The van der Waals surface area contributed by atoms with Crippen LogP contribution in [0.2, 0.25) is 0 Å². The van der Waals surface area contributed by atoms with Crippen molar-refractivity contribution in [3.63, 3.8) is 0 Å². The first-order chi connectivity index (χ1) is 7.83. The highest BCUT2D eigenvalue weighted by Gasteiger charge is 1.94. The average Bonchev–Trinajstić information content (AvgIpc) is 2.30. The molecule has 0 aromatic heterocycles. The zero-order chi connectivity index (χ0) is 11.6. The molecule has 0 aliphatic rings. The number of hydrogen-bond donors (Lipinski definition) is 0. The SMILES string of the molecule is CCCCCSCCOc1ccc(Br)cc1. The number of benzene rings is 1. The van der Waals surface area contributed by atoms with E-state index in [-0.39, 0.29) is 0 Å². The van der Waals surface area contributed by atoms with Crippen molar-refractivity contribution in [1.29, 1.82) is 0 Å². The van der Waals surface area contributed by atoms with Gasteiger partial charge in [-0.25, -0.2) is 0 Å². The van der Waals surface area contributed by atoms with Crippen LogP contribution in [-0.4, -0.2) is 18.1 Å². The number of hydrogen-bond acceptors (Lipinski definition) is 2. The van der Waals surface area contributed by atoms with Crippen LogP contribution in [0.4, 0.5) is 0 Å². The maximum absolute atomic E-state index is 5.63. The van der Waals surface area contributed by atoms with Crippen molar-refractivity contribution >= 4 is 27.7 Å². The first-order valence-electron chi connectivity index (χ1n) is 5.79. The van der Waals surface area contributed by atoms with Crippen LogP contribution >= 0.6 is 27.7 Å². The van der Waals surface area contributed by atoms with Crippen molar-refractivity contribution < 1.29 is 4.74 Å². The summed E-state index contributed by atoms with van der Waals surface area (Å²) >= 11 is 5.38. The number of unbranched alkanes of at least 4 members (excludes halogenated alkanes) is 2. The molecule has 1 aromatic rings. The van der Waals surface area contributed by atoms with E-state index in [1.807, 2.05) is 36.0 Å². The average molecular weight is 303 g/mol. The molecule has 0 aliphatic carbocycles. The summed E-state index contributed by atoms with van der Waals surface area (Å²) < 4.78 is 6.72. The highest BCUT2D eigenvalue weighted by Crippen LogP contribution is 2.16. The zero-order valence-corrected chi connectivity index (χ0v) is 12.1. The Labute approximate surface area is 111 Å². The molecular weight excluding hydrogens is 284 g/mol. The molecule has 3 heteroatoms. The summed E-state index contributed by atoms with van der Waals surface area (Å²) in [5.41, 5.74) is 0. The Kier molecular flexibility index (Phi) is 7.77. The predicted molar refractivity (Wildman–Crippen MR) is 76.5 cm³/mol. The molecule has 16 heavy (non-hydrogen) atoms. The summed E-state index contributed by atoms with van der Waals surface area (Å²) in [5.74, 6) is 3.30. The van der Waals surface area contributed by atoms with Crippen molar-refractivity contribution in [3.05, 3.63) is 28.7 Å². The van der Waals surface area contributed by atoms with Gasteiger partial charge in [0.15, 0.2) is 0 Å². The third-order valence-corrected chi connectivity index (χ3v) is 3.76. The second kappa shape index (κ2) is 8.94. The molecule has 0 amide bonds. The van der Waals surface area contributed by atoms with Gasteiger partial charge in [-0.15, -0.1) is 0 Å². The van der Waals surface area contributed by atoms with Crippen LogP contribution in [0.1, 0.15) is 26.2 Å². The van der Waals surface area contributed by atoms with E-state index in [2.05, 4.69) is 22.9 Å². The molecule has 0 saturated carbocycles. The molecule has 0 saturated heterocycles. The van der Waals surface area contributed by atoms with Gasteiger partial charge in [0.25, 0.3) is 0 Å². The lowest BCUT2D eigenvalue weighted by molar-refractivity contribution is 0.344. The van der Waals surface area contributed by atoms with Gasteiger partial charge in [0, 0.05) is 10.2 Å². The van der Waals surface area contributed by atoms with Gasteiger partial charge < -0.3 is 4.74 Å². The van der Waals surface area contributed by atoms with E-state index < -0.39 is 0 Å². The topological polar surface area (TPSA) is 9.23 Å².